The summed E-state index contributed by atoms with van der Waals surface area (Å²) in [7, 11) is 0. The number of piperidine rings is 1. The zero-order valence-corrected chi connectivity index (χ0v) is 11.0. The van der Waals surface area contributed by atoms with E-state index in [-0.39, 0.29) is 0 Å². The first-order valence-electron chi connectivity index (χ1n) is 6.30. The molecule has 0 aromatic rings. The molecule has 2 radical (unpaired) electrons. The standard InChI is InChI=1S/C13H26N2/c1-11(2)15(12(3)4)10-14-8-6-13(5)7-9-14/h11-13H,6-9H2,1-5H3. The molecule has 1 aliphatic heterocycles. The Balaban J connectivity index is 2.38. The van der Waals surface area contributed by atoms with Gasteiger partial charge in [0.1, 0.15) is 6.67 Å². The molecule has 0 spiro atoms. The maximum atomic E-state index is 3.54. The Morgan fingerprint density at radius 3 is 1.93 bits per heavy atom. The lowest BCUT2D eigenvalue weighted by Crippen LogP contribution is -2.43. The van der Waals surface area contributed by atoms with Crippen molar-refractivity contribution < 1.29 is 0 Å². The van der Waals surface area contributed by atoms with Crippen LogP contribution in [0.25, 0.3) is 0 Å². The van der Waals surface area contributed by atoms with E-state index in [1.807, 2.05) is 0 Å². The summed E-state index contributed by atoms with van der Waals surface area (Å²) in [5.74, 6) is 0.898. The summed E-state index contributed by atoms with van der Waals surface area (Å²) in [5.41, 5.74) is 0. The van der Waals surface area contributed by atoms with Crippen molar-refractivity contribution in [3.05, 3.63) is 6.67 Å². The van der Waals surface area contributed by atoms with Gasteiger partial charge in [0.2, 0.25) is 0 Å². The lowest BCUT2D eigenvalue weighted by molar-refractivity contribution is 0.112. The summed E-state index contributed by atoms with van der Waals surface area (Å²) < 4.78 is 0. The van der Waals surface area contributed by atoms with Crippen LogP contribution in [0.2, 0.25) is 0 Å². The first-order valence-corrected chi connectivity index (χ1v) is 6.30. The van der Waals surface area contributed by atoms with Crippen molar-refractivity contribution in [1.29, 1.82) is 0 Å². The highest BCUT2D eigenvalue weighted by atomic mass is 15.3. The second kappa shape index (κ2) is 5.86. The van der Waals surface area contributed by atoms with Gasteiger partial charge in [-0.15, -0.1) is 0 Å². The SMILES string of the molecule is CC1CCN([C]N(C(C)C)C(C)C)CC1. The molecule has 1 heterocycles. The molecule has 0 aromatic carbocycles. The highest BCUT2D eigenvalue weighted by molar-refractivity contribution is 4.80. The molecular weight excluding hydrogens is 184 g/mol. The Morgan fingerprint density at radius 2 is 1.53 bits per heavy atom. The number of hydrogen-bond acceptors (Lipinski definition) is 2. The van der Waals surface area contributed by atoms with Crippen molar-refractivity contribution in [2.75, 3.05) is 13.1 Å². The van der Waals surface area contributed by atoms with Crippen LogP contribution in [0.3, 0.4) is 0 Å². The summed E-state index contributed by atoms with van der Waals surface area (Å²) in [6.45, 7) is 17.2. The lowest BCUT2D eigenvalue weighted by Gasteiger charge is -2.37. The molecule has 2 nitrogen and oxygen atoms in total. The molecule has 88 valence electrons. The molecule has 0 aromatic heterocycles. The summed E-state index contributed by atoms with van der Waals surface area (Å²) >= 11 is 0. The molecular formula is C13H26N2. The molecule has 1 aliphatic rings. The van der Waals surface area contributed by atoms with Crippen LogP contribution < -0.4 is 0 Å². The molecule has 0 unspecified atom stereocenters. The Kier molecular flexibility index (Phi) is 5.07. The summed E-state index contributed by atoms with van der Waals surface area (Å²) in [6, 6.07) is 1.09. The van der Waals surface area contributed by atoms with Crippen LogP contribution in [0.1, 0.15) is 47.5 Å². The van der Waals surface area contributed by atoms with Crippen LogP contribution in [0.15, 0.2) is 0 Å². The molecule has 15 heavy (non-hydrogen) atoms. The molecule has 1 rings (SSSR count). The predicted octanol–water partition coefficient (Wildman–Crippen LogP) is 2.83. The molecule has 0 atom stereocenters. The van der Waals surface area contributed by atoms with E-state index in [1.165, 1.54) is 25.9 Å². The molecule has 0 aliphatic carbocycles. The zero-order chi connectivity index (χ0) is 11.4. The molecule has 0 saturated carbocycles. The van der Waals surface area contributed by atoms with Crippen molar-refractivity contribution in [2.24, 2.45) is 5.92 Å². The Bertz CT molecular complexity index is 161. The minimum absolute atomic E-state index is 0.546. The van der Waals surface area contributed by atoms with Gasteiger partial charge in [0.05, 0.1) is 0 Å². The summed E-state index contributed by atoms with van der Waals surface area (Å²) in [5, 5.41) is 0. The second-order valence-electron chi connectivity index (χ2n) is 5.36. The van der Waals surface area contributed by atoms with Gasteiger partial charge in [-0.25, -0.2) is 0 Å². The molecule has 1 saturated heterocycles. The number of likely N-dealkylation sites (tertiary alicyclic amines) is 1. The van der Waals surface area contributed by atoms with Gasteiger partial charge in [0.25, 0.3) is 0 Å². The van der Waals surface area contributed by atoms with Gasteiger partial charge in [-0.05, 0) is 46.5 Å². The van der Waals surface area contributed by atoms with E-state index < -0.39 is 0 Å². The van der Waals surface area contributed by atoms with Crippen molar-refractivity contribution in [2.45, 2.75) is 59.5 Å². The fourth-order valence-electron chi connectivity index (χ4n) is 2.10. The van der Waals surface area contributed by atoms with Crippen LogP contribution in [0.5, 0.6) is 0 Å². The molecule has 0 N–H and O–H groups in total. The van der Waals surface area contributed by atoms with Gasteiger partial charge in [-0.1, -0.05) is 6.92 Å². The summed E-state index contributed by atoms with van der Waals surface area (Å²) in [4.78, 5) is 4.69. The minimum Gasteiger partial charge on any atom is -0.280 e. The predicted molar refractivity (Wildman–Crippen MR) is 65.3 cm³/mol. The van der Waals surface area contributed by atoms with E-state index in [0.717, 1.165) is 5.92 Å². The topological polar surface area (TPSA) is 6.48 Å². The smallest absolute Gasteiger partial charge is 0.146 e. The highest BCUT2D eigenvalue weighted by Crippen LogP contribution is 2.19. The third-order valence-electron chi connectivity index (χ3n) is 3.15. The van der Waals surface area contributed by atoms with Crippen molar-refractivity contribution >= 4 is 0 Å². The van der Waals surface area contributed by atoms with Crippen LogP contribution in [0, 0.1) is 12.6 Å². The average molecular weight is 210 g/mol. The van der Waals surface area contributed by atoms with Gasteiger partial charge < -0.3 is 0 Å². The van der Waals surface area contributed by atoms with Crippen molar-refractivity contribution in [3.63, 3.8) is 0 Å². The monoisotopic (exact) mass is 210 g/mol. The van der Waals surface area contributed by atoms with Gasteiger partial charge in [0.15, 0.2) is 0 Å². The fraction of sp³-hybridized carbons (Fsp3) is 0.923. The van der Waals surface area contributed by atoms with E-state index >= 15 is 0 Å². The van der Waals surface area contributed by atoms with Gasteiger partial charge in [-0.3, -0.25) is 9.80 Å². The Hall–Kier alpha value is -0.0800. The molecule has 2 heteroatoms. The Labute approximate surface area is 95.6 Å². The van der Waals surface area contributed by atoms with Crippen molar-refractivity contribution in [1.82, 2.24) is 9.80 Å². The van der Waals surface area contributed by atoms with Crippen LogP contribution in [0.4, 0.5) is 0 Å². The van der Waals surface area contributed by atoms with E-state index in [0.29, 0.717) is 12.1 Å². The fourth-order valence-corrected chi connectivity index (χ4v) is 2.10. The third-order valence-corrected chi connectivity index (χ3v) is 3.15. The Morgan fingerprint density at radius 1 is 1.07 bits per heavy atom. The number of hydrogen-bond donors (Lipinski definition) is 0. The van der Waals surface area contributed by atoms with Gasteiger partial charge in [-0.2, -0.15) is 0 Å². The van der Waals surface area contributed by atoms with Crippen LogP contribution in [-0.2, 0) is 0 Å². The highest BCUT2D eigenvalue weighted by Gasteiger charge is 2.22. The van der Waals surface area contributed by atoms with Crippen LogP contribution >= 0.6 is 0 Å². The van der Waals surface area contributed by atoms with Gasteiger partial charge in [0, 0.05) is 25.2 Å². The normalized spacial score (nSPS) is 20.8. The first-order chi connectivity index (χ1) is 7.00. The van der Waals surface area contributed by atoms with E-state index in [1.54, 1.807) is 0 Å². The van der Waals surface area contributed by atoms with E-state index in [2.05, 4.69) is 51.1 Å². The quantitative estimate of drug-likeness (QED) is 0.658. The number of rotatable bonds is 4. The van der Waals surface area contributed by atoms with E-state index in [4.69, 9.17) is 0 Å². The zero-order valence-electron chi connectivity index (χ0n) is 11.0. The first kappa shape index (κ1) is 13.0. The minimum atomic E-state index is 0.546. The molecule has 1 fully saturated rings. The summed E-state index contributed by atoms with van der Waals surface area (Å²) in [6.07, 6.45) is 2.63. The van der Waals surface area contributed by atoms with Crippen LogP contribution in [-0.4, -0.2) is 35.0 Å². The maximum Gasteiger partial charge on any atom is 0.146 e. The van der Waals surface area contributed by atoms with E-state index in [9.17, 15) is 0 Å². The largest absolute Gasteiger partial charge is 0.280 e. The second-order valence-corrected chi connectivity index (χ2v) is 5.36. The average Bonchev–Trinajstić information content (AvgIpc) is 2.15. The molecule has 0 amide bonds. The maximum absolute atomic E-state index is 3.54. The molecule has 0 bridgehead atoms. The van der Waals surface area contributed by atoms with Gasteiger partial charge >= 0.3 is 0 Å². The third kappa shape index (κ3) is 4.12. The van der Waals surface area contributed by atoms with Crippen molar-refractivity contribution in [3.8, 4) is 0 Å². The lowest BCUT2D eigenvalue weighted by atomic mass is 9.99. The number of nitrogens with zero attached hydrogens (tertiary/aromatic N) is 2.